The number of nitrogens with zero attached hydrogens (tertiary/aromatic N) is 1. The van der Waals surface area contributed by atoms with Gasteiger partial charge in [-0.2, -0.15) is 0 Å². The maximum absolute atomic E-state index is 11.8. The highest BCUT2D eigenvalue weighted by atomic mass is 35.5. The second-order valence-corrected chi connectivity index (χ2v) is 4.38. The first-order valence-corrected chi connectivity index (χ1v) is 6.32. The molecule has 0 aromatic heterocycles. The topological polar surface area (TPSA) is 49.4 Å². The summed E-state index contributed by atoms with van der Waals surface area (Å²) in [7, 11) is 0. The number of halogens is 2. The molecule has 18 heavy (non-hydrogen) atoms. The van der Waals surface area contributed by atoms with Gasteiger partial charge in [0.15, 0.2) is 0 Å². The van der Waals surface area contributed by atoms with E-state index in [1.807, 2.05) is 0 Å². The van der Waals surface area contributed by atoms with Gasteiger partial charge in [0, 0.05) is 12.8 Å². The molecule has 0 saturated heterocycles. The van der Waals surface area contributed by atoms with Crippen LogP contribution in [0.4, 0.5) is 5.69 Å². The predicted molar refractivity (Wildman–Crippen MR) is 72.7 cm³/mol. The van der Waals surface area contributed by atoms with Crippen molar-refractivity contribution in [3.8, 4) is 0 Å². The first-order valence-electron chi connectivity index (χ1n) is 5.57. The second-order valence-electron chi connectivity index (χ2n) is 3.57. The maximum atomic E-state index is 11.8. The van der Waals surface area contributed by atoms with Gasteiger partial charge in [-0.05, 0) is 18.2 Å². The third-order valence-corrected chi connectivity index (χ3v) is 3.01. The number of benzene rings is 1. The molecule has 0 aliphatic rings. The third-order valence-electron chi connectivity index (χ3n) is 2.27. The van der Waals surface area contributed by atoms with Crippen molar-refractivity contribution in [2.24, 2.45) is 0 Å². The Hall–Kier alpha value is -1.26. The lowest BCUT2D eigenvalue weighted by molar-refractivity contribution is -0.125. The third kappa shape index (κ3) is 3.62. The van der Waals surface area contributed by atoms with E-state index in [0.717, 1.165) is 0 Å². The van der Waals surface area contributed by atoms with E-state index in [9.17, 15) is 9.59 Å². The van der Waals surface area contributed by atoms with Crippen molar-refractivity contribution in [3.05, 3.63) is 28.2 Å². The lowest BCUT2D eigenvalue weighted by Gasteiger charge is -2.23. The molecule has 0 aliphatic heterocycles. The molecule has 0 atom stereocenters. The van der Waals surface area contributed by atoms with Crippen LogP contribution < -0.4 is 10.4 Å². The Bertz CT molecular complexity index is 463. The van der Waals surface area contributed by atoms with Crippen molar-refractivity contribution in [2.45, 2.75) is 26.7 Å². The van der Waals surface area contributed by atoms with E-state index < -0.39 is 0 Å². The number of hydrogen-bond donors (Lipinski definition) is 1. The molecular formula is C12H14Cl2N2O2. The van der Waals surface area contributed by atoms with Crippen molar-refractivity contribution in [1.29, 1.82) is 0 Å². The summed E-state index contributed by atoms with van der Waals surface area (Å²) in [6.07, 6.45) is 0.555. The molecule has 1 aromatic rings. The van der Waals surface area contributed by atoms with Gasteiger partial charge in [-0.1, -0.05) is 37.0 Å². The SMILES string of the molecule is CCC(=O)NN(C(=O)CC)c1ccc(Cl)c(Cl)c1. The van der Waals surface area contributed by atoms with Gasteiger partial charge in [0.05, 0.1) is 15.7 Å². The number of hydrazine groups is 1. The smallest absolute Gasteiger partial charge is 0.245 e. The first-order chi connectivity index (χ1) is 8.49. The van der Waals surface area contributed by atoms with Crippen LogP contribution in [0.2, 0.25) is 10.0 Å². The Balaban J connectivity index is 3.05. The standard InChI is InChI=1S/C12H14Cl2N2O2/c1-3-11(17)15-16(12(18)4-2)8-5-6-9(13)10(14)7-8/h5-7H,3-4H2,1-2H3,(H,15,17). The summed E-state index contributed by atoms with van der Waals surface area (Å²) < 4.78 is 0. The number of amides is 2. The van der Waals surface area contributed by atoms with Crippen LogP contribution in [0.15, 0.2) is 18.2 Å². The summed E-state index contributed by atoms with van der Waals surface area (Å²) >= 11 is 11.7. The molecule has 98 valence electrons. The van der Waals surface area contributed by atoms with E-state index in [2.05, 4.69) is 5.43 Å². The Kier molecular flexibility index (Phi) is 5.44. The molecule has 2 amide bonds. The molecule has 4 nitrogen and oxygen atoms in total. The van der Waals surface area contributed by atoms with E-state index in [4.69, 9.17) is 23.2 Å². The monoisotopic (exact) mass is 288 g/mol. The van der Waals surface area contributed by atoms with Gasteiger partial charge in [-0.3, -0.25) is 15.0 Å². The molecular weight excluding hydrogens is 275 g/mol. The van der Waals surface area contributed by atoms with E-state index in [0.29, 0.717) is 15.7 Å². The van der Waals surface area contributed by atoms with E-state index in [-0.39, 0.29) is 24.7 Å². The van der Waals surface area contributed by atoms with Crippen LogP contribution >= 0.6 is 23.2 Å². The highest BCUT2D eigenvalue weighted by molar-refractivity contribution is 6.42. The molecule has 6 heteroatoms. The van der Waals surface area contributed by atoms with E-state index >= 15 is 0 Å². The molecule has 0 aliphatic carbocycles. The molecule has 0 spiro atoms. The fourth-order valence-electron chi connectivity index (χ4n) is 1.26. The summed E-state index contributed by atoms with van der Waals surface area (Å²) in [6, 6.07) is 4.73. The summed E-state index contributed by atoms with van der Waals surface area (Å²) in [5.41, 5.74) is 3.01. The van der Waals surface area contributed by atoms with Crippen LogP contribution in [0.5, 0.6) is 0 Å². The molecule has 0 unspecified atom stereocenters. The zero-order chi connectivity index (χ0) is 13.7. The Morgan fingerprint density at radius 1 is 1.17 bits per heavy atom. The van der Waals surface area contributed by atoms with Gasteiger partial charge in [0.2, 0.25) is 11.8 Å². The molecule has 0 heterocycles. The van der Waals surface area contributed by atoms with Gasteiger partial charge < -0.3 is 0 Å². The summed E-state index contributed by atoms with van der Waals surface area (Å²) in [5.74, 6) is -0.474. The van der Waals surface area contributed by atoms with Crippen molar-refractivity contribution in [2.75, 3.05) is 5.01 Å². The van der Waals surface area contributed by atoms with Gasteiger partial charge in [-0.25, -0.2) is 5.01 Å². The van der Waals surface area contributed by atoms with Crippen molar-refractivity contribution in [3.63, 3.8) is 0 Å². The molecule has 1 rings (SSSR count). The molecule has 0 fully saturated rings. The minimum atomic E-state index is -0.247. The van der Waals surface area contributed by atoms with Crippen molar-refractivity contribution in [1.82, 2.24) is 5.43 Å². The van der Waals surface area contributed by atoms with Crippen LogP contribution in [0.3, 0.4) is 0 Å². The van der Waals surface area contributed by atoms with Gasteiger partial charge >= 0.3 is 0 Å². The van der Waals surface area contributed by atoms with Crippen LogP contribution in [0.25, 0.3) is 0 Å². The van der Waals surface area contributed by atoms with E-state index in [1.54, 1.807) is 26.0 Å². The van der Waals surface area contributed by atoms with Gasteiger partial charge in [0.1, 0.15) is 0 Å². The Morgan fingerprint density at radius 2 is 1.83 bits per heavy atom. The Morgan fingerprint density at radius 3 is 2.33 bits per heavy atom. The molecule has 1 aromatic carbocycles. The molecule has 0 radical (unpaired) electrons. The highest BCUT2D eigenvalue weighted by Crippen LogP contribution is 2.26. The van der Waals surface area contributed by atoms with E-state index in [1.165, 1.54) is 11.1 Å². The number of hydrogen-bond acceptors (Lipinski definition) is 2. The number of rotatable bonds is 3. The second kappa shape index (κ2) is 6.61. The average Bonchev–Trinajstić information content (AvgIpc) is 2.38. The fourth-order valence-corrected chi connectivity index (χ4v) is 1.55. The highest BCUT2D eigenvalue weighted by Gasteiger charge is 2.16. The van der Waals surface area contributed by atoms with Crippen LogP contribution in [0, 0.1) is 0 Å². The minimum absolute atomic E-state index is 0.227. The number of anilines is 1. The summed E-state index contributed by atoms with van der Waals surface area (Å²) in [6.45, 7) is 3.42. The quantitative estimate of drug-likeness (QED) is 0.869. The zero-order valence-corrected chi connectivity index (χ0v) is 11.7. The lowest BCUT2D eigenvalue weighted by Crippen LogP contribution is -2.46. The van der Waals surface area contributed by atoms with Gasteiger partial charge in [-0.15, -0.1) is 0 Å². The Labute approximate surface area is 116 Å². The van der Waals surface area contributed by atoms with Crippen molar-refractivity contribution >= 4 is 40.7 Å². The maximum Gasteiger partial charge on any atom is 0.245 e. The number of carbonyl (C=O) groups excluding carboxylic acids is 2. The largest absolute Gasteiger partial charge is 0.273 e. The molecule has 0 saturated carbocycles. The normalized spacial score (nSPS) is 10.0. The van der Waals surface area contributed by atoms with Crippen LogP contribution in [0.1, 0.15) is 26.7 Å². The minimum Gasteiger partial charge on any atom is -0.273 e. The zero-order valence-electron chi connectivity index (χ0n) is 10.2. The summed E-state index contributed by atoms with van der Waals surface area (Å²) in [5, 5.41) is 1.91. The van der Waals surface area contributed by atoms with Crippen LogP contribution in [-0.4, -0.2) is 11.8 Å². The first kappa shape index (κ1) is 14.8. The van der Waals surface area contributed by atoms with Crippen molar-refractivity contribution < 1.29 is 9.59 Å². The average molecular weight is 289 g/mol. The molecule has 0 bridgehead atoms. The number of nitrogens with one attached hydrogen (secondary N) is 1. The number of carbonyl (C=O) groups is 2. The molecule has 1 N–H and O–H groups in total. The lowest BCUT2D eigenvalue weighted by atomic mass is 10.3. The van der Waals surface area contributed by atoms with Crippen LogP contribution in [-0.2, 0) is 9.59 Å². The fraction of sp³-hybridized carbons (Fsp3) is 0.333. The predicted octanol–water partition coefficient (Wildman–Crippen LogP) is 3.18. The summed E-state index contributed by atoms with van der Waals surface area (Å²) in [4.78, 5) is 23.2. The van der Waals surface area contributed by atoms with Gasteiger partial charge in [0.25, 0.3) is 0 Å².